The smallest absolute Gasteiger partial charge is 0.0646 e. The van der Waals surface area contributed by atoms with Crippen LogP contribution in [0.3, 0.4) is 0 Å². The molecule has 1 nitrogen and oxygen atoms in total. The van der Waals surface area contributed by atoms with Crippen molar-refractivity contribution in [3.63, 3.8) is 0 Å². The minimum Gasteiger partial charge on any atom is -0.324 e. The zero-order valence-corrected chi connectivity index (χ0v) is 10.1. The van der Waals surface area contributed by atoms with E-state index >= 15 is 0 Å². The van der Waals surface area contributed by atoms with E-state index < -0.39 is 0 Å². The van der Waals surface area contributed by atoms with Crippen molar-refractivity contribution in [3.8, 4) is 0 Å². The molecule has 0 aliphatic rings. The number of rotatable bonds is 3. The van der Waals surface area contributed by atoms with Gasteiger partial charge in [0, 0.05) is 10.9 Å². The van der Waals surface area contributed by atoms with E-state index in [4.69, 9.17) is 5.73 Å². The molecule has 0 bridgehead atoms. The molecule has 0 saturated carbocycles. The number of thiophene rings is 1. The molecule has 1 aromatic heterocycles. The highest BCUT2D eigenvalue weighted by atomic mass is 32.2. The molecule has 0 fully saturated rings. The molecule has 3 heteroatoms. The largest absolute Gasteiger partial charge is 0.324 e. The molecule has 0 aliphatic heterocycles. The Kier molecular flexibility index (Phi) is 3.46. The molecular weight excluding hydrogens is 222 g/mol. The van der Waals surface area contributed by atoms with Gasteiger partial charge in [-0.15, -0.1) is 11.3 Å². The lowest BCUT2D eigenvalue weighted by atomic mass is 10.1. The van der Waals surface area contributed by atoms with Crippen LogP contribution < -0.4 is 5.73 Å². The first-order valence-corrected chi connectivity index (χ1v) is 6.52. The van der Waals surface area contributed by atoms with Gasteiger partial charge in [0.1, 0.15) is 0 Å². The van der Waals surface area contributed by atoms with Gasteiger partial charge >= 0.3 is 0 Å². The summed E-state index contributed by atoms with van der Waals surface area (Å²) in [5, 5.41) is 2.10. The molecule has 1 heterocycles. The molecule has 1 atom stereocenters. The summed E-state index contributed by atoms with van der Waals surface area (Å²) in [5.41, 5.74) is 6.98. The van der Waals surface area contributed by atoms with Crippen LogP contribution >= 0.6 is 23.1 Å². The Morgan fingerprint density at radius 3 is 2.47 bits per heavy atom. The average Bonchev–Trinajstić information content (AvgIpc) is 2.71. The minimum absolute atomic E-state index is 0.116. The molecular formula is C12H13NS2. The third kappa shape index (κ3) is 2.84. The standard InChI is InChI=1S/C12H13NS2/c1-9(13)10-4-6-11(7-5-10)15-12-3-2-8-14-12/h2-9H,13H2,1H3. The van der Waals surface area contributed by atoms with E-state index in [0.29, 0.717) is 0 Å². The minimum atomic E-state index is 0.116. The Bertz CT molecular complexity index is 404. The van der Waals surface area contributed by atoms with Crippen LogP contribution in [-0.4, -0.2) is 0 Å². The Hall–Kier alpha value is -0.770. The Morgan fingerprint density at radius 1 is 1.20 bits per heavy atom. The van der Waals surface area contributed by atoms with Crippen molar-refractivity contribution >= 4 is 23.1 Å². The molecule has 0 amide bonds. The Morgan fingerprint density at radius 2 is 1.93 bits per heavy atom. The van der Waals surface area contributed by atoms with E-state index in [0.717, 1.165) is 0 Å². The van der Waals surface area contributed by atoms with Crippen LogP contribution in [0.25, 0.3) is 0 Å². The molecule has 2 N–H and O–H groups in total. The Labute approximate surface area is 98.3 Å². The van der Waals surface area contributed by atoms with E-state index in [-0.39, 0.29) is 6.04 Å². The summed E-state index contributed by atoms with van der Waals surface area (Å²) < 4.78 is 1.32. The predicted octanol–water partition coefficient (Wildman–Crippen LogP) is 3.92. The maximum absolute atomic E-state index is 5.80. The van der Waals surface area contributed by atoms with Gasteiger partial charge in [0.25, 0.3) is 0 Å². The molecule has 0 saturated heterocycles. The molecule has 0 radical (unpaired) electrons. The molecule has 0 spiro atoms. The van der Waals surface area contributed by atoms with Crippen LogP contribution in [0, 0.1) is 0 Å². The second-order valence-electron chi connectivity index (χ2n) is 3.39. The second-order valence-corrected chi connectivity index (χ2v) is 5.71. The van der Waals surface area contributed by atoms with Gasteiger partial charge in [-0.25, -0.2) is 0 Å². The molecule has 1 aromatic carbocycles. The number of hydrogen-bond acceptors (Lipinski definition) is 3. The van der Waals surface area contributed by atoms with Crippen molar-refractivity contribution in [1.29, 1.82) is 0 Å². The molecule has 78 valence electrons. The third-order valence-corrected chi connectivity index (χ3v) is 4.16. The third-order valence-electron chi connectivity index (χ3n) is 2.12. The van der Waals surface area contributed by atoms with Crippen LogP contribution in [0.1, 0.15) is 18.5 Å². The summed E-state index contributed by atoms with van der Waals surface area (Å²) in [4.78, 5) is 1.27. The molecule has 15 heavy (non-hydrogen) atoms. The van der Waals surface area contributed by atoms with Crippen molar-refractivity contribution in [2.75, 3.05) is 0 Å². The maximum atomic E-state index is 5.80. The van der Waals surface area contributed by atoms with Crippen molar-refractivity contribution in [3.05, 3.63) is 47.3 Å². The highest BCUT2D eigenvalue weighted by molar-refractivity contribution is 8.01. The summed E-state index contributed by atoms with van der Waals surface area (Å²) in [6.45, 7) is 2.00. The summed E-state index contributed by atoms with van der Waals surface area (Å²) in [7, 11) is 0. The van der Waals surface area contributed by atoms with E-state index in [1.807, 2.05) is 6.92 Å². The summed E-state index contributed by atoms with van der Waals surface area (Å²) >= 11 is 3.56. The first kappa shape index (κ1) is 10.7. The summed E-state index contributed by atoms with van der Waals surface area (Å²) in [5.74, 6) is 0. The highest BCUT2D eigenvalue weighted by Gasteiger charge is 2.00. The molecule has 2 aromatic rings. The number of benzene rings is 1. The number of hydrogen-bond donors (Lipinski definition) is 1. The van der Waals surface area contributed by atoms with Gasteiger partial charge in [-0.1, -0.05) is 30.0 Å². The lowest BCUT2D eigenvalue weighted by molar-refractivity contribution is 0.817. The lowest BCUT2D eigenvalue weighted by Gasteiger charge is -2.05. The predicted molar refractivity (Wildman–Crippen MR) is 67.5 cm³/mol. The van der Waals surface area contributed by atoms with Gasteiger partial charge in [0.2, 0.25) is 0 Å². The van der Waals surface area contributed by atoms with Gasteiger partial charge in [-0.05, 0) is 36.1 Å². The van der Waals surface area contributed by atoms with Crippen LogP contribution in [0.4, 0.5) is 0 Å². The number of nitrogens with two attached hydrogens (primary N) is 1. The van der Waals surface area contributed by atoms with Gasteiger partial charge < -0.3 is 5.73 Å². The van der Waals surface area contributed by atoms with E-state index in [2.05, 4.69) is 41.8 Å². The zero-order valence-electron chi connectivity index (χ0n) is 8.51. The first-order chi connectivity index (χ1) is 7.25. The fourth-order valence-corrected chi connectivity index (χ4v) is 3.02. The lowest BCUT2D eigenvalue weighted by Crippen LogP contribution is -2.04. The van der Waals surface area contributed by atoms with Crippen molar-refractivity contribution in [2.24, 2.45) is 5.73 Å². The SMILES string of the molecule is CC(N)c1ccc(Sc2cccs2)cc1. The van der Waals surface area contributed by atoms with Crippen LogP contribution in [0.2, 0.25) is 0 Å². The fraction of sp³-hybridized carbons (Fsp3) is 0.167. The normalized spacial score (nSPS) is 12.7. The van der Waals surface area contributed by atoms with Crippen LogP contribution in [0.15, 0.2) is 50.9 Å². The van der Waals surface area contributed by atoms with Gasteiger partial charge in [-0.2, -0.15) is 0 Å². The fourth-order valence-electron chi connectivity index (χ4n) is 1.28. The molecule has 1 unspecified atom stereocenters. The van der Waals surface area contributed by atoms with Crippen LogP contribution in [0.5, 0.6) is 0 Å². The van der Waals surface area contributed by atoms with Crippen molar-refractivity contribution in [2.45, 2.75) is 22.1 Å². The van der Waals surface area contributed by atoms with E-state index in [1.54, 1.807) is 23.1 Å². The van der Waals surface area contributed by atoms with Crippen LogP contribution in [-0.2, 0) is 0 Å². The van der Waals surface area contributed by atoms with Gasteiger partial charge in [0.05, 0.1) is 4.21 Å². The topological polar surface area (TPSA) is 26.0 Å². The Balaban J connectivity index is 2.11. The van der Waals surface area contributed by atoms with E-state index in [9.17, 15) is 0 Å². The zero-order chi connectivity index (χ0) is 10.7. The average molecular weight is 235 g/mol. The van der Waals surface area contributed by atoms with Gasteiger partial charge in [-0.3, -0.25) is 0 Å². The summed E-state index contributed by atoms with van der Waals surface area (Å²) in [6.07, 6.45) is 0. The van der Waals surface area contributed by atoms with Crippen molar-refractivity contribution < 1.29 is 0 Å². The van der Waals surface area contributed by atoms with Crippen molar-refractivity contribution in [1.82, 2.24) is 0 Å². The molecule has 2 rings (SSSR count). The highest BCUT2D eigenvalue weighted by Crippen LogP contribution is 2.31. The first-order valence-electron chi connectivity index (χ1n) is 4.82. The quantitative estimate of drug-likeness (QED) is 0.872. The van der Waals surface area contributed by atoms with E-state index in [1.165, 1.54) is 14.7 Å². The maximum Gasteiger partial charge on any atom is 0.0646 e. The summed E-state index contributed by atoms with van der Waals surface area (Å²) in [6, 6.07) is 12.8. The molecule has 0 aliphatic carbocycles. The van der Waals surface area contributed by atoms with Gasteiger partial charge in [0.15, 0.2) is 0 Å². The second kappa shape index (κ2) is 4.84. The monoisotopic (exact) mass is 235 g/mol.